The standard InChI is InChI=1S/C8H16NO2/c1-4-6-9-8(10)7(3)11-5-2/h7H,1,4-6H2,2-3H3,(H,9,10). The Hall–Kier alpha value is -0.570. The van der Waals surface area contributed by atoms with Crippen molar-refractivity contribution in [2.75, 3.05) is 13.2 Å². The minimum Gasteiger partial charge on any atom is -0.369 e. The number of hydrogen-bond acceptors (Lipinski definition) is 2. The largest absolute Gasteiger partial charge is 0.369 e. The normalized spacial score (nSPS) is 12.6. The van der Waals surface area contributed by atoms with E-state index < -0.39 is 0 Å². The average molecular weight is 158 g/mol. The number of nitrogens with one attached hydrogen (secondary N) is 1. The maximum absolute atomic E-state index is 11.0. The second-order valence-electron chi connectivity index (χ2n) is 2.24. The molecule has 0 aliphatic rings. The van der Waals surface area contributed by atoms with Gasteiger partial charge in [0.25, 0.3) is 0 Å². The fourth-order valence-corrected chi connectivity index (χ4v) is 0.681. The maximum Gasteiger partial charge on any atom is 0.248 e. The van der Waals surface area contributed by atoms with E-state index in [9.17, 15) is 4.79 Å². The van der Waals surface area contributed by atoms with Crippen molar-refractivity contribution in [3.05, 3.63) is 6.92 Å². The zero-order valence-corrected chi connectivity index (χ0v) is 7.22. The van der Waals surface area contributed by atoms with Crippen molar-refractivity contribution < 1.29 is 9.53 Å². The Morgan fingerprint density at radius 1 is 1.73 bits per heavy atom. The van der Waals surface area contributed by atoms with E-state index in [0.717, 1.165) is 0 Å². The van der Waals surface area contributed by atoms with E-state index in [-0.39, 0.29) is 12.0 Å². The summed E-state index contributed by atoms with van der Waals surface area (Å²) in [6.07, 6.45) is 0.372. The van der Waals surface area contributed by atoms with E-state index in [2.05, 4.69) is 12.2 Å². The quantitative estimate of drug-likeness (QED) is 0.641. The first-order valence-corrected chi connectivity index (χ1v) is 3.91. The predicted octanol–water partition coefficient (Wildman–Crippen LogP) is 0.752. The zero-order valence-electron chi connectivity index (χ0n) is 7.22. The van der Waals surface area contributed by atoms with E-state index in [4.69, 9.17) is 4.74 Å². The molecule has 1 radical (unpaired) electrons. The van der Waals surface area contributed by atoms with E-state index in [1.54, 1.807) is 6.92 Å². The van der Waals surface area contributed by atoms with Crippen molar-refractivity contribution in [1.29, 1.82) is 0 Å². The summed E-state index contributed by atoms with van der Waals surface area (Å²) in [5, 5.41) is 2.69. The molecule has 65 valence electrons. The van der Waals surface area contributed by atoms with Gasteiger partial charge in [-0.25, -0.2) is 0 Å². The second kappa shape index (κ2) is 6.16. The summed E-state index contributed by atoms with van der Waals surface area (Å²) < 4.78 is 5.07. The number of hydrogen-bond donors (Lipinski definition) is 1. The zero-order chi connectivity index (χ0) is 8.69. The molecule has 0 aliphatic heterocycles. The Morgan fingerprint density at radius 2 is 2.36 bits per heavy atom. The van der Waals surface area contributed by atoms with Crippen molar-refractivity contribution in [3.8, 4) is 0 Å². The molecule has 3 nitrogen and oxygen atoms in total. The van der Waals surface area contributed by atoms with Crippen molar-refractivity contribution in [3.63, 3.8) is 0 Å². The summed E-state index contributed by atoms with van der Waals surface area (Å²) in [5.74, 6) is -0.0597. The van der Waals surface area contributed by atoms with Gasteiger partial charge in [0.05, 0.1) is 0 Å². The number of ether oxygens (including phenoxy) is 1. The summed E-state index contributed by atoms with van der Waals surface area (Å²) in [7, 11) is 0. The smallest absolute Gasteiger partial charge is 0.248 e. The fraction of sp³-hybridized carbons (Fsp3) is 0.750. The molecule has 1 N–H and O–H groups in total. The lowest BCUT2D eigenvalue weighted by atomic mass is 10.3. The fourth-order valence-electron chi connectivity index (χ4n) is 0.681. The first kappa shape index (κ1) is 10.4. The average Bonchev–Trinajstić information content (AvgIpc) is 2.00. The lowest BCUT2D eigenvalue weighted by Gasteiger charge is -2.10. The number of rotatable bonds is 5. The van der Waals surface area contributed by atoms with Gasteiger partial charge in [-0.1, -0.05) is 6.92 Å². The Kier molecular flexibility index (Phi) is 5.84. The molecule has 0 bridgehead atoms. The molecule has 1 unspecified atom stereocenters. The summed E-state index contributed by atoms with van der Waals surface area (Å²) in [5.41, 5.74) is 0. The van der Waals surface area contributed by atoms with Gasteiger partial charge in [0.2, 0.25) is 5.91 Å². The minimum absolute atomic E-state index is 0.0597. The van der Waals surface area contributed by atoms with Crippen LogP contribution in [0.15, 0.2) is 0 Å². The third kappa shape index (κ3) is 4.79. The lowest BCUT2D eigenvalue weighted by molar-refractivity contribution is -0.131. The van der Waals surface area contributed by atoms with E-state index >= 15 is 0 Å². The van der Waals surface area contributed by atoms with Gasteiger partial charge >= 0.3 is 0 Å². The molecular weight excluding hydrogens is 142 g/mol. The molecule has 0 aromatic rings. The summed E-state index contributed by atoms with van der Waals surface area (Å²) in [4.78, 5) is 11.0. The van der Waals surface area contributed by atoms with Crippen LogP contribution in [0, 0.1) is 6.92 Å². The van der Waals surface area contributed by atoms with Crippen LogP contribution >= 0.6 is 0 Å². The van der Waals surface area contributed by atoms with Gasteiger partial charge in [0, 0.05) is 13.2 Å². The number of amides is 1. The molecule has 0 spiro atoms. The van der Waals surface area contributed by atoms with Crippen molar-refractivity contribution >= 4 is 5.91 Å². The van der Waals surface area contributed by atoms with Crippen LogP contribution in [0.4, 0.5) is 0 Å². The van der Waals surface area contributed by atoms with Crippen LogP contribution in [-0.4, -0.2) is 25.2 Å². The third-order valence-corrected chi connectivity index (χ3v) is 1.26. The molecule has 0 saturated heterocycles. The molecule has 0 aromatic carbocycles. The third-order valence-electron chi connectivity index (χ3n) is 1.26. The summed E-state index contributed by atoms with van der Waals surface area (Å²) >= 11 is 0. The van der Waals surface area contributed by atoms with Crippen LogP contribution < -0.4 is 5.32 Å². The van der Waals surface area contributed by atoms with Crippen molar-refractivity contribution in [2.45, 2.75) is 26.4 Å². The molecule has 1 amide bonds. The molecule has 0 rings (SSSR count). The van der Waals surface area contributed by atoms with Crippen LogP contribution in [0.25, 0.3) is 0 Å². The number of carbonyl (C=O) groups excluding carboxylic acids is 1. The Morgan fingerprint density at radius 3 is 2.82 bits per heavy atom. The Balaban J connectivity index is 3.47. The summed E-state index contributed by atoms with van der Waals surface area (Å²) in [6.45, 7) is 8.40. The van der Waals surface area contributed by atoms with Gasteiger partial charge in [-0.15, -0.1) is 0 Å². The van der Waals surface area contributed by atoms with Gasteiger partial charge in [-0.2, -0.15) is 0 Å². The highest BCUT2D eigenvalue weighted by molar-refractivity contribution is 5.80. The first-order chi connectivity index (χ1) is 5.22. The van der Waals surface area contributed by atoms with Gasteiger partial charge in [0.1, 0.15) is 6.10 Å². The van der Waals surface area contributed by atoms with Crippen molar-refractivity contribution in [2.24, 2.45) is 0 Å². The van der Waals surface area contributed by atoms with E-state index in [1.807, 2.05) is 6.92 Å². The first-order valence-electron chi connectivity index (χ1n) is 3.91. The molecule has 0 aromatic heterocycles. The van der Waals surface area contributed by atoms with Crippen LogP contribution in [-0.2, 0) is 9.53 Å². The molecule has 0 aliphatic carbocycles. The molecule has 11 heavy (non-hydrogen) atoms. The van der Waals surface area contributed by atoms with Gasteiger partial charge < -0.3 is 10.1 Å². The topological polar surface area (TPSA) is 38.3 Å². The monoisotopic (exact) mass is 158 g/mol. The van der Waals surface area contributed by atoms with Gasteiger partial charge in [0.15, 0.2) is 0 Å². The second-order valence-corrected chi connectivity index (χ2v) is 2.24. The molecular formula is C8H16NO2. The van der Waals surface area contributed by atoms with Crippen LogP contribution in [0.2, 0.25) is 0 Å². The minimum atomic E-state index is -0.341. The molecule has 3 heteroatoms. The lowest BCUT2D eigenvalue weighted by Crippen LogP contribution is -2.34. The highest BCUT2D eigenvalue weighted by Crippen LogP contribution is 1.89. The van der Waals surface area contributed by atoms with Crippen LogP contribution in [0.5, 0.6) is 0 Å². The summed E-state index contributed by atoms with van der Waals surface area (Å²) in [6, 6.07) is 0. The molecule has 0 fully saturated rings. The number of carbonyl (C=O) groups is 1. The SMILES string of the molecule is [CH2]CCNC(=O)C(C)OCC. The molecule has 0 heterocycles. The highest BCUT2D eigenvalue weighted by Gasteiger charge is 2.10. The molecule has 0 saturated carbocycles. The van der Waals surface area contributed by atoms with E-state index in [1.165, 1.54) is 0 Å². The molecule has 1 atom stereocenters. The Bertz CT molecular complexity index is 115. The Labute approximate surface area is 68.1 Å². The van der Waals surface area contributed by atoms with Gasteiger partial charge in [-0.05, 0) is 20.3 Å². The van der Waals surface area contributed by atoms with Crippen LogP contribution in [0.3, 0.4) is 0 Å². The maximum atomic E-state index is 11.0. The van der Waals surface area contributed by atoms with Crippen molar-refractivity contribution in [1.82, 2.24) is 5.32 Å². The highest BCUT2D eigenvalue weighted by atomic mass is 16.5. The predicted molar refractivity (Wildman–Crippen MR) is 44.1 cm³/mol. The van der Waals surface area contributed by atoms with Crippen LogP contribution in [0.1, 0.15) is 20.3 Å². The van der Waals surface area contributed by atoms with Gasteiger partial charge in [-0.3, -0.25) is 4.79 Å². The van der Waals surface area contributed by atoms with E-state index in [0.29, 0.717) is 19.6 Å².